The molecular formula is C24H23ClF3N3O2. The van der Waals surface area contributed by atoms with Gasteiger partial charge in [0.15, 0.2) is 0 Å². The molecule has 0 saturated heterocycles. The van der Waals surface area contributed by atoms with Gasteiger partial charge in [0.25, 0.3) is 5.91 Å². The molecule has 4 rings (SSSR count). The number of ether oxygens (including phenoxy) is 1. The summed E-state index contributed by atoms with van der Waals surface area (Å²) in [5, 5.41) is 7.23. The minimum Gasteiger partial charge on any atom is -0.496 e. The standard InChI is InChI=1S/C24H23ClF3N3O2/c1-33-21-8-3-2-7-17(21)23(32)30-16-6-4-5-15(12-16)29-20-13-22(24(26,27)28)31-19-10-9-14(25)11-18(19)20/h2-3,7-11,13,15-16H,4-6,12H2,1H3,(H,29,31)(H,30,32)/t15-,16+/m0/s1. The lowest BCUT2D eigenvalue weighted by atomic mass is 9.90. The van der Waals surface area contributed by atoms with Crippen molar-refractivity contribution in [3.63, 3.8) is 0 Å². The number of fused-ring (bicyclic) bond motifs is 1. The molecular weight excluding hydrogens is 455 g/mol. The molecule has 33 heavy (non-hydrogen) atoms. The monoisotopic (exact) mass is 477 g/mol. The van der Waals surface area contributed by atoms with Crippen molar-refractivity contribution in [1.82, 2.24) is 10.3 Å². The van der Waals surface area contributed by atoms with E-state index in [1.165, 1.54) is 19.2 Å². The highest BCUT2D eigenvalue weighted by Gasteiger charge is 2.34. The van der Waals surface area contributed by atoms with Gasteiger partial charge in [-0.05, 0) is 62.1 Å². The number of anilines is 1. The van der Waals surface area contributed by atoms with Gasteiger partial charge in [-0.15, -0.1) is 0 Å². The van der Waals surface area contributed by atoms with Crippen LogP contribution in [0.25, 0.3) is 10.9 Å². The zero-order chi connectivity index (χ0) is 23.6. The van der Waals surface area contributed by atoms with Crippen LogP contribution in [-0.4, -0.2) is 30.1 Å². The quantitative estimate of drug-likeness (QED) is 0.468. The highest BCUT2D eigenvalue weighted by Crippen LogP contribution is 2.35. The van der Waals surface area contributed by atoms with Gasteiger partial charge in [0.1, 0.15) is 11.4 Å². The van der Waals surface area contributed by atoms with Gasteiger partial charge in [0, 0.05) is 28.2 Å². The van der Waals surface area contributed by atoms with E-state index >= 15 is 0 Å². The second-order valence-electron chi connectivity index (χ2n) is 8.09. The predicted molar refractivity (Wildman–Crippen MR) is 122 cm³/mol. The molecule has 1 amide bonds. The number of hydrogen-bond acceptors (Lipinski definition) is 4. The number of carbonyl (C=O) groups is 1. The molecule has 1 heterocycles. The summed E-state index contributed by atoms with van der Waals surface area (Å²) in [5.41, 5.74) is 0.0291. The smallest absolute Gasteiger partial charge is 0.433 e. The second-order valence-corrected chi connectivity index (χ2v) is 8.53. The van der Waals surface area contributed by atoms with Crippen molar-refractivity contribution >= 4 is 34.1 Å². The van der Waals surface area contributed by atoms with Gasteiger partial charge in [0.05, 0.1) is 18.2 Å². The molecule has 1 aromatic heterocycles. The number of nitrogens with zero attached hydrogens (tertiary/aromatic N) is 1. The summed E-state index contributed by atoms with van der Waals surface area (Å²) in [6.45, 7) is 0. The number of pyridine rings is 1. The largest absolute Gasteiger partial charge is 0.496 e. The van der Waals surface area contributed by atoms with Gasteiger partial charge < -0.3 is 15.4 Å². The molecule has 2 N–H and O–H groups in total. The SMILES string of the molecule is COc1ccccc1C(=O)N[C@@H]1CCC[C@H](Nc2cc(C(F)(F)F)nc3ccc(Cl)cc23)C1. The van der Waals surface area contributed by atoms with Crippen molar-refractivity contribution in [2.75, 3.05) is 12.4 Å². The molecule has 3 aromatic rings. The van der Waals surface area contributed by atoms with Crippen LogP contribution in [0.2, 0.25) is 5.02 Å². The number of carbonyl (C=O) groups excluding carboxylic acids is 1. The van der Waals surface area contributed by atoms with Crippen LogP contribution in [0.4, 0.5) is 18.9 Å². The van der Waals surface area contributed by atoms with E-state index in [4.69, 9.17) is 16.3 Å². The molecule has 0 bridgehead atoms. The number of aromatic nitrogens is 1. The number of amides is 1. The molecule has 5 nitrogen and oxygen atoms in total. The lowest BCUT2D eigenvalue weighted by Crippen LogP contribution is -2.42. The maximum absolute atomic E-state index is 13.4. The van der Waals surface area contributed by atoms with Gasteiger partial charge >= 0.3 is 6.18 Å². The fourth-order valence-electron chi connectivity index (χ4n) is 4.23. The van der Waals surface area contributed by atoms with Crippen molar-refractivity contribution in [2.24, 2.45) is 0 Å². The maximum Gasteiger partial charge on any atom is 0.433 e. The number of alkyl halides is 3. The van der Waals surface area contributed by atoms with E-state index in [1.54, 1.807) is 30.3 Å². The maximum atomic E-state index is 13.4. The Labute approximate surface area is 194 Å². The molecule has 0 unspecified atom stereocenters. The number of para-hydroxylation sites is 1. The Morgan fingerprint density at radius 2 is 1.88 bits per heavy atom. The Morgan fingerprint density at radius 3 is 2.64 bits per heavy atom. The number of benzene rings is 2. The first kappa shape index (κ1) is 23.2. The molecule has 1 aliphatic carbocycles. The molecule has 1 saturated carbocycles. The third kappa shape index (κ3) is 5.33. The first-order chi connectivity index (χ1) is 15.7. The third-order valence-electron chi connectivity index (χ3n) is 5.78. The first-order valence-electron chi connectivity index (χ1n) is 10.6. The second kappa shape index (κ2) is 9.47. The fraction of sp³-hybridized carbons (Fsp3) is 0.333. The Hall–Kier alpha value is -3.00. The minimum absolute atomic E-state index is 0.118. The topological polar surface area (TPSA) is 63.2 Å². The van der Waals surface area contributed by atoms with Gasteiger partial charge in [0.2, 0.25) is 0 Å². The van der Waals surface area contributed by atoms with Gasteiger partial charge in [-0.2, -0.15) is 13.2 Å². The average molecular weight is 478 g/mol. The van der Waals surface area contributed by atoms with E-state index in [1.807, 2.05) is 0 Å². The number of halogens is 4. The molecule has 2 atom stereocenters. The van der Waals surface area contributed by atoms with Crippen molar-refractivity contribution in [2.45, 2.75) is 43.9 Å². The Bertz CT molecular complexity index is 1170. The molecule has 0 radical (unpaired) electrons. The van der Waals surface area contributed by atoms with Crippen molar-refractivity contribution in [3.05, 3.63) is 64.8 Å². The Balaban J connectivity index is 1.53. The Kier molecular flexibility index (Phi) is 6.65. The average Bonchev–Trinajstić information content (AvgIpc) is 2.78. The number of nitrogens with one attached hydrogen (secondary N) is 2. The zero-order valence-electron chi connectivity index (χ0n) is 17.9. The van der Waals surface area contributed by atoms with Gasteiger partial charge in [-0.1, -0.05) is 23.7 Å². The third-order valence-corrected chi connectivity index (χ3v) is 6.02. The number of hydrogen-bond donors (Lipinski definition) is 2. The summed E-state index contributed by atoms with van der Waals surface area (Å²) in [4.78, 5) is 16.5. The summed E-state index contributed by atoms with van der Waals surface area (Å²) in [6, 6.07) is 12.4. The van der Waals surface area contributed by atoms with E-state index < -0.39 is 11.9 Å². The van der Waals surface area contributed by atoms with Crippen molar-refractivity contribution < 1.29 is 22.7 Å². The van der Waals surface area contributed by atoms with E-state index in [2.05, 4.69) is 15.6 Å². The van der Waals surface area contributed by atoms with E-state index in [0.29, 0.717) is 33.8 Å². The predicted octanol–water partition coefficient (Wildman–Crippen LogP) is 6.07. The fourth-order valence-corrected chi connectivity index (χ4v) is 4.40. The van der Waals surface area contributed by atoms with Crippen molar-refractivity contribution in [1.29, 1.82) is 0 Å². The molecule has 174 valence electrons. The Morgan fingerprint density at radius 1 is 1.12 bits per heavy atom. The molecule has 0 aliphatic heterocycles. The minimum atomic E-state index is -4.57. The van der Waals surface area contributed by atoms with Crippen LogP contribution in [0, 0.1) is 0 Å². The molecule has 1 fully saturated rings. The van der Waals surface area contributed by atoms with Crippen LogP contribution in [0.1, 0.15) is 41.7 Å². The molecule has 2 aromatic carbocycles. The highest BCUT2D eigenvalue weighted by atomic mass is 35.5. The molecule has 9 heteroatoms. The zero-order valence-corrected chi connectivity index (χ0v) is 18.6. The van der Waals surface area contributed by atoms with Crippen LogP contribution in [0.5, 0.6) is 5.75 Å². The molecule has 1 aliphatic rings. The van der Waals surface area contributed by atoms with Crippen LogP contribution in [0.15, 0.2) is 48.5 Å². The van der Waals surface area contributed by atoms with Gasteiger partial charge in [-0.3, -0.25) is 4.79 Å². The summed E-state index contributed by atoms with van der Waals surface area (Å²) < 4.78 is 45.5. The summed E-state index contributed by atoms with van der Waals surface area (Å²) in [6.07, 6.45) is -1.61. The summed E-state index contributed by atoms with van der Waals surface area (Å²) in [5.74, 6) is 0.249. The number of methoxy groups -OCH3 is 1. The highest BCUT2D eigenvalue weighted by molar-refractivity contribution is 6.31. The van der Waals surface area contributed by atoms with E-state index in [0.717, 1.165) is 25.3 Å². The van der Waals surface area contributed by atoms with Gasteiger partial charge in [-0.25, -0.2) is 4.98 Å². The summed E-state index contributed by atoms with van der Waals surface area (Å²) in [7, 11) is 1.51. The van der Waals surface area contributed by atoms with E-state index in [9.17, 15) is 18.0 Å². The lowest BCUT2D eigenvalue weighted by molar-refractivity contribution is -0.140. The van der Waals surface area contributed by atoms with E-state index in [-0.39, 0.29) is 23.5 Å². The van der Waals surface area contributed by atoms with Crippen molar-refractivity contribution in [3.8, 4) is 5.75 Å². The normalized spacial score (nSPS) is 18.7. The lowest BCUT2D eigenvalue weighted by Gasteiger charge is -2.31. The first-order valence-corrected chi connectivity index (χ1v) is 11.0. The number of rotatable bonds is 5. The van der Waals surface area contributed by atoms with Crippen LogP contribution in [-0.2, 0) is 6.18 Å². The van der Waals surface area contributed by atoms with Crippen LogP contribution >= 0.6 is 11.6 Å². The molecule has 0 spiro atoms. The summed E-state index contributed by atoms with van der Waals surface area (Å²) >= 11 is 6.09. The van der Waals surface area contributed by atoms with Crippen LogP contribution < -0.4 is 15.4 Å². The van der Waals surface area contributed by atoms with Crippen LogP contribution in [0.3, 0.4) is 0 Å².